The number of hydrogen-bond donors (Lipinski definition) is 1. The van der Waals surface area contributed by atoms with Crippen molar-refractivity contribution in [2.45, 2.75) is 24.7 Å². The van der Waals surface area contributed by atoms with Crippen molar-refractivity contribution in [2.75, 3.05) is 40.8 Å². The van der Waals surface area contributed by atoms with Crippen LogP contribution in [-0.4, -0.2) is 46.5 Å². The lowest BCUT2D eigenvalue weighted by Crippen LogP contribution is -2.38. The number of rotatable bonds is 7. The maximum Gasteiger partial charge on any atom is 0.264 e. The summed E-state index contributed by atoms with van der Waals surface area (Å²) >= 11 is 0. The van der Waals surface area contributed by atoms with E-state index in [1.807, 2.05) is 13.0 Å². The second kappa shape index (κ2) is 10.1. The number of carbonyl (C=O) groups excluding carboxylic acids is 2. The van der Waals surface area contributed by atoms with Gasteiger partial charge in [-0.25, -0.2) is 8.42 Å². The Bertz CT molecular complexity index is 1440. The van der Waals surface area contributed by atoms with E-state index in [1.54, 1.807) is 53.4 Å². The molecule has 2 aliphatic heterocycles. The van der Waals surface area contributed by atoms with Gasteiger partial charge in [0, 0.05) is 30.4 Å². The van der Waals surface area contributed by atoms with E-state index in [9.17, 15) is 18.0 Å². The first kappa shape index (κ1) is 24.6. The minimum absolute atomic E-state index is 0.0466. The van der Waals surface area contributed by atoms with Crippen molar-refractivity contribution in [3.63, 3.8) is 0 Å². The van der Waals surface area contributed by atoms with Gasteiger partial charge in [-0.2, -0.15) is 0 Å². The summed E-state index contributed by atoms with van der Waals surface area (Å²) in [4.78, 5) is 27.2. The molecule has 0 atom stereocenters. The second-order valence-electron chi connectivity index (χ2n) is 8.85. The molecule has 2 aliphatic rings. The van der Waals surface area contributed by atoms with E-state index in [1.165, 1.54) is 12.1 Å². The number of carbonyl (C=O) groups is 2. The second-order valence-corrected chi connectivity index (χ2v) is 10.7. The Morgan fingerprint density at radius 3 is 2.49 bits per heavy atom. The molecular weight excluding hydrogens is 494 g/mol. The molecule has 0 aromatic heterocycles. The normalized spacial score (nSPS) is 14.9. The van der Waals surface area contributed by atoms with Gasteiger partial charge in [-0.1, -0.05) is 24.3 Å². The van der Waals surface area contributed by atoms with Crippen molar-refractivity contribution in [3.8, 4) is 11.5 Å². The predicted molar refractivity (Wildman–Crippen MR) is 140 cm³/mol. The molecule has 1 N–H and O–H groups in total. The molecule has 2 amide bonds. The van der Waals surface area contributed by atoms with E-state index in [2.05, 4.69) is 5.32 Å². The van der Waals surface area contributed by atoms with Crippen LogP contribution < -0.4 is 24.0 Å². The zero-order valence-electron chi connectivity index (χ0n) is 20.3. The van der Waals surface area contributed by atoms with Crippen molar-refractivity contribution >= 4 is 38.9 Å². The zero-order valence-corrected chi connectivity index (χ0v) is 21.2. The number of anilines is 3. The van der Waals surface area contributed by atoms with Crippen molar-refractivity contribution in [1.82, 2.24) is 0 Å². The highest BCUT2D eigenvalue weighted by atomic mass is 32.2. The lowest BCUT2D eigenvalue weighted by Gasteiger charge is -2.26. The van der Waals surface area contributed by atoms with E-state index < -0.39 is 22.5 Å². The SMILES string of the molecule is Cc1ccc(NC(=O)CN(c2ccc3c(c2)OCCO3)S(=O)(=O)c2ccccc2)cc1N1CCCC1=O. The highest BCUT2D eigenvalue weighted by Crippen LogP contribution is 2.36. The smallest absolute Gasteiger partial charge is 0.264 e. The molecule has 2 heterocycles. The van der Waals surface area contributed by atoms with Crippen molar-refractivity contribution in [1.29, 1.82) is 0 Å². The molecule has 0 aliphatic carbocycles. The topological polar surface area (TPSA) is 105 Å². The van der Waals surface area contributed by atoms with Gasteiger partial charge in [0.25, 0.3) is 10.0 Å². The molecule has 0 bridgehead atoms. The van der Waals surface area contributed by atoms with Crippen LogP contribution >= 0.6 is 0 Å². The highest BCUT2D eigenvalue weighted by molar-refractivity contribution is 7.92. The Morgan fingerprint density at radius 2 is 1.76 bits per heavy atom. The van der Waals surface area contributed by atoms with Crippen LogP contribution in [0.3, 0.4) is 0 Å². The maximum absolute atomic E-state index is 13.6. The molecule has 9 nitrogen and oxygen atoms in total. The molecule has 0 unspecified atom stereocenters. The Hall–Kier alpha value is -4.05. The van der Waals surface area contributed by atoms with E-state index in [0.29, 0.717) is 43.4 Å². The molecule has 192 valence electrons. The summed E-state index contributed by atoms with van der Waals surface area (Å²) in [6.07, 6.45) is 1.29. The lowest BCUT2D eigenvalue weighted by molar-refractivity contribution is -0.117. The van der Waals surface area contributed by atoms with Crippen LogP contribution in [0, 0.1) is 6.92 Å². The third kappa shape index (κ3) is 5.10. The third-order valence-corrected chi connectivity index (χ3v) is 8.08. The molecule has 10 heteroatoms. The Labute approximate surface area is 215 Å². The van der Waals surface area contributed by atoms with E-state index in [0.717, 1.165) is 22.0 Å². The van der Waals surface area contributed by atoms with E-state index >= 15 is 0 Å². The number of hydrogen-bond acceptors (Lipinski definition) is 6. The van der Waals surface area contributed by atoms with Gasteiger partial charge in [0.05, 0.1) is 10.6 Å². The van der Waals surface area contributed by atoms with E-state index in [-0.39, 0.29) is 16.5 Å². The molecule has 1 fully saturated rings. The van der Waals surface area contributed by atoms with E-state index in [4.69, 9.17) is 9.47 Å². The summed E-state index contributed by atoms with van der Waals surface area (Å²) < 4.78 is 39.5. The summed E-state index contributed by atoms with van der Waals surface area (Å²) in [5.41, 5.74) is 2.40. The average Bonchev–Trinajstić information content (AvgIpc) is 3.34. The number of sulfonamides is 1. The number of aryl methyl sites for hydroxylation is 1. The van der Waals surface area contributed by atoms with Gasteiger partial charge in [0.15, 0.2) is 11.5 Å². The fourth-order valence-corrected chi connectivity index (χ4v) is 5.87. The van der Waals surface area contributed by atoms with Gasteiger partial charge in [-0.3, -0.25) is 13.9 Å². The van der Waals surface area contributed by atoms with Crippen molar-refractivity contribution < 1.29 is 27.5 Å². The monoisotopic (exact) mass is 521 g/mol. The molecule has 3 aromatic rings. The Balaban J connectivity index is 1.44. The molecule has 37 heavy (non-hydrogen) atoms. The molecule has 0 radical (unpaired) electrons. The summed E-state index contributed by atoms with van der Waals surface area (Å²) in [5.74, 6) is 0.443. The summed E-state index contributed by atoms with van der Waals surface area (Å²) in [6.45, 7) is 2.82. The molecule has 5 rings (SSSR count). The van der Waals surface area contributed by atoms with Crippen LogP contribution in [0.25, 0.3) is 0 Å². The van der Waals surface area contributed by atoms with Gasteiger partial charge < -0.3 is 19.7 Å². The molecular formula is C27H27N3O6S. The lowest BCUT2D eigenvalue weighted by atomic mass is 10.1. The summed E-state index contributed by atoms with van der Waals surface area (Å²) in [5, 5.41) is 2.80. The number of nitrogens with zero attached hydrogens (tertiary/aromatic N) is 2. The average molecular weight is 522 g/mol. The van der Waals surface area contributed by atoms with Gasteiger partial charge in [0.1, 0.15) is 19.8 Å². The number of benzene rings is 3. The Kier molecular flexibility index (Phi) is 6.75. The minimum Gasteiger partial charge on any atom is -0.486 e. The van der Waals surface area contributed by atoms with Gasteiger partial charge in [-0.05, 0) is 55.3 Å². The molecule has 0 saturated carbocycles. The first-order chi connectivity index (χ1) is 17.8. The standard InChI is InChI=1S/C27H27N3O6S/c1-19-9-10-20(16-23(19)29-13-5-8-27(29)32)28-26(31)18-30(37(33,34)22-6-3-2-4-7-22)21-11-12-24-25(17-21)36-15-14-35-24/h2-4,6-7,9-12,16-17H,5,8,13-15,18H2,1H3,(H,28,31). The zero-order chi connectivity index (χ0) is 26.0. The van der Waals surface area contributed by atoms with Crippen LogP contribution in [0.15, 0.2) is 71.6 Å². The predicted octanol–water partition coefficient (Wildman–Crippen LogP) is 3.73. The van der Waals surface area contributed by atoms with Crippen LogP contribution in [0.5, 0.6) is 11.5 Å². The highest BCUT2D eigenvalue weighted by Gasteiger charge is 2.29. The summed E-state index contributed by atoms with van der Waals surface area (Å²) in [7, 11) is -4.08. The third-order valence-electron chi connectivity index (χ3n) is 6.29. The molecule has 0 spiro atoms. The fraction of sp³-hybridized carbons (Fsp3) is 0.259. The van der Waals surface area contributed by atoms with Gasteiger partial charge >= 0.3 is 0 Å². The maximum atomic E-state index is 13.6. The molecule has 1 saturated heterocycles. The number of ether oxygens (including phenoxy) is 2. The quantitative estimate of drug-likeness (QED) is 0.508. The number of amides is 2. The van der Waals surface area contributed by atoms with Gasteiger partial charge in [-0.15, -0.1) is 0 Å². The van der Waals surface area contributed by atoms with Gasteiger partial charge in [0.2, 0.25) is 11.8 Å². The van der Waals surface area contributed by atoms with Crippen molar-refractivity contribution in [3.05, 3.63) is 72.3 Å². The van der Waals surface area contributed by atoms with Crippen LogP contribution in [0.4, 0.5) is 17.1 Å². The van der Waals surface area contributed by atoms with Crippen LogP contribution in [0.2, 0.25) is 0 Å². The first-order valence-electron chi connectivity index (χ1n) is 12.0. The largest absolute Gasteiger partial charge is 0.486 e. The first-order valence-corrected chi connectivity index (χ1v) is 13.5. The number of fused-ring (bicyclic) bond motifs is 1. The van der Waals surface area contributed by atoms with Crippen LogP contribution in [0.1, 0.15) is 18.4 Å². The Morgan fingerprint density at radius 1 is 1.00 bits per heavy atom. The fourth-order valence-electron chi connectivity index (χ4n) is 4.43. The van der Waals surface area contributed by atoms with Crippen LogP contribution in [-0.2, 0) is 19.6 Å². The summed E-state index contributed by atoms with van der Waals surface area (Å²) in [6, 6.07) is 18.0. The number of nitrogens with one attached hydrogen (secondary N) is 1. The van der Waals surface area contributed by atoms with Crippen molar-refractivity contribution in [2.24, 2.45) is 0 Å². The molecule has 3 aromatic carbocycles. The minimum atomic E-state index is -4.08.